The van der Waals surface area contributed by atoms with Gasteiger partial charge in [0.1, 0.15) is 18.3 Å². The molecule has 0 aromatic rings. The Morgan fingerprint density at radius 3 is 1.87 bits per heavy atom. The van der Waals surface area contributed by atoms with E-state index in [9.17, 15) is 35.4 Å². The first-order chi connectivity index (χ1) is 10.6. The molecule has 1 aliphatic rings. The van der Waals surface area contributed by atoms with E-state index in [4.69, 9.17) is 14.6 Å². The average Bonchev–Trinajstić information content (AvgIpc) is 2.49. The van der Waals surface area contributed by atoms with E-state index in [-0.39, 0.29) is 0 Å². The highest BCUT2D eigenvalue weighted by molar-refractivity contribution is 9.25. The van der Waals surface area contributed by atoms with Crippen LogP contribution in [0.5, 0.6) is 0 Å². The summed E-state index contributed by atoms with van der Waals surface area (Å²) in [6.45, 7) is -2.27. The predicted molar refractivity (Wildman–Crippen MR) is 79.7 cm³/mol. The Morgan fingerprint density at radius 2 is 1.48 bits per heavy atom. The van der Waals surface area contributed by atoms with Crippen LogP contribution >= 0.6 is 31.9 Å². The van der Waals surface area contributed by atoms with Crippen molar-refractivity contribution in [1.29, 1.82) is 0 Å². The smallest absolute Gasteiger partial charge is 0.335 e. The third kappa shape index (κ3) is 4.03. The second kappa shape index (κ2) is 7.99. The van der Waals surface area contributed by atoms with Crippen LogP contribution in [-0.4, -0.2) is 95.7 Å². The lowest BCUT2D eigenvalue weighted by Crippen LogP contribution is -2.62. The molecule has 1 saturated heterocycles. The minimum Gasteiger partial charge on any atom is -0.479 e. The van der Waals surface area contributed by atoms with Gasteiger partial charge in [-0.25, -0.2) is 4.79 Å². The van der Waals surface area contributed by atoms with Crippen LogP contribution in [0.15, 0.2) is 0 Å². The summed E-state index contributed by atoms with van der Waals surface area (Å²) in [7, 11) is 0. The summed E-state index contributed by atoms with van der Waals surface area (Å²) >= 11 is 5.95. The third-order valence-electron chi connectivity index (χ3n) is 3.60. The van der Waals surface area contributed by atoms with E-state index in [1.165, 1.54) is 0 Å². The number of carboxylic acid groups (broad SMARTS) is 1. The van der Waals surface area contributed by atoms with Crippen molar-refractivity contribution in [3.05, 3.63) is 0 Å². The molecule has 5 atom stereocenters. The molecule has 7 N–H and O–H groups in total. The zero-order chi connectivity index (χ0) is 18.0. The minimum atomic E-state index is -1.89. The van der Waals surface area contributed by atoms with Crippen LogP contribution in [0, 0.1) is 5.41 Å². The van der Waals surface area contributed by atoms with Crippen LogP contribution in [0.25, 0.3) is 0 Å². The van der Waals surface area contributed by atoms with Gasteiger partial charge in [-0.3, -0.25) is 0 Å². The maximum Gasteiger partial charge on any atom is 0.335 e. The summed E-state index contributed by atoms with van der Waals surface area (Å²) in [5, 5.41) is 66.3. The van der Waals surface area contributed by atoms with Gasteiger partial charge < -0.3 is 45.2 Å². The maximum absolute atomic E-state index is 11.0. The lowest BCUT2D eigenvalue weighted by molar-refractivity contribution is -0.309. The number of aliphatic hydroxyl groups is 6. The Kier molecular flexibility index (Phi) is 7.35. The normalized spacial score (nSPS) is 32.8. The van der Waals surface area contributed by atoms with E-state index in [2.05, 4.69) is 31.9 Å². The van der Waals surface area contributed by atoms with Crippen molar-refractivity contribution in [2.75, 3.05) is 19.8 Å². The highest BCUT2D eigenvalue weighted by atomic mass is 79.9. The molecule has 1 heterocycles. The van der Waals surface area contributed by atoms with Crippen LogP contribution in [0.3, 0.4) is 0 Å². The van der Waals surface area contributed by atoms with Gasteiger partial charge >= 0.3 is 5.97 Å². The number of carboxylic acids is 1. The van der Waals surface area contributed by atoms with Gasteiger partial charge in [0, 0.05) is 0 Å². The van der Waals surface area contributed by atoms with Gasteiger partial charge in [-0.05, 0) is 31.9 Å². The summed E-state index contributed by atoms with van der Waals surface area (Å²) in [5.41, 5.74) is -1.68. The molecule has 0 bridgehead atoms. The summed E-state index contributed by atoms with van der Waals surface area (Å²) in [4.78, 5) is 11.0. The number of carbonyl (C=O) groups is 1. The van der Waals surface area contributed by atoms with Crippen LogP contribution in [0.2, 0.25) is 0 Å². The largest absolute Gasteiger partial charge is 0.479 e. The fraction of sp³-hybridized carbons (Fsp3) is 0.909. The fourth-order valence-corrected chi connectivity index (χ4v) is 2.97. The molecule has 0 spiro atoms. The molecule has 0 aromatic carbocycles. The molecule has 0 radical (unpaired) electrons. The second-order valence-electron chi connectivity index (χ2n) is 5.12. The first kappa shape index (κ1) is 21.2. The molecule has 12 heteroatoms. The Hall–Kier alpha value is 0.110. The van der Waals surface area contributed by atoms with E-state index in [1.807, 2.05) is 0 Å². The number of alkyl halides is 2. The Morgan fingerprint density at radius 1 is 1.00 bits per heavy atom. The molecule has 136 valence electrons. The highest BCUT2D eigenvalue weighted by Crippen LogP contribution is 2.46. The highest BCUT2D eigenvalue weighted by Gasteiger charge is 2.55. The number of aliphatic hydroxyl groups excluding tert-OH is 6. The van der Waals surface area contributed by atoms with E-state index in [0.717, 1.165) is 0 Å². The number of halogens is 2. The molecule has 1 fully saturated rings. The molecule has 1 rings (SSSR count). The molecule has 0 unspecified atom stereocenters. The average molecular weight is 470 g/mol. The molecule has 0 saturated carbocycles. The van der Waals surface area contributed by atoms with Crippen molar-refractivity contribution in [3.63, 3.8) is 0 Å². The zero-order valence-corrected chi connectivity index (χ0v) is 14.8. The van der Waals surface area contributed by atoms with Gasteiger partial charge in [-0.1, -0.05) is 0 Å². The quantitative estimate of drug-likeness (QED) is 0.194. The first-order valence-electron chi connectivity index (χ1n) is 6.37. The van der Waals surface area contributed by atoms with Crippen LogP contribution in [0.4, 0.5) is 0 Å². The number of rotatable bonds is 7. The van der Waals surface area contributed by atoms with Crippen molar-refractivity contribution < 1.29 is 50.0 Å². The van der Waals surface area contributed by atoms with Crippen molar-refractivity contribution in [2.24, 2.45) is 5.41 Å². The summed E-state index contributed by atoms with van der Waals surface area (Å²) in [6.07, 6.45) is -9.22. The summed E-state index contributed by atoms with van der Waals surface area (Å²) < 4.78 is 8.35. The molecule has 23 heavy (non-hydrogen) atoms. The van der Waals surface area contributed by atoms with E-state index < -0.39 is 65.3 Å². The number of ether oxygens (including phenoxy) is 2. The molecule has 0 aliphatic carbocycles. The summed E-state index contributed by atoms with van der Waals surface area (Å²) in [5.74, 6) is -1.59. The Balaban J connectivity index is 3.03. The Bertz CT molecular complexity index is 407. The van der Waals surface area contributed by atoms with Gasteiger partial charge in [0.25, 0.3) is 0 Å². The molecule has 10 nitrogen and oxygen atoms in total. The topological polar surface area (TPSA) is 177 Å². The van der Waals surface area contributed by atoms with Gasteiger partial charge in [0.05, 0.1) is 25.2 Å². The van der Waals surface area contributed by atoms with Gasteiger partial charge in [0.2, 0.25) is 0 Å². The second-order valence-corrected chi connectivity index (χ2v) is 8.42. The Labute approximate surface area is 147 Å². The molecule has 0 amide bonds. The molecular weight excluding hydrogens is 452 g/mol. The van der Waals surface area contributed by atoms with Crippen molar-refractivity contribution in [2.45, 2.75) is 34.1 Å². The van der Waals surface area contributed by atoms with Crippen LogP contribution in [-0.2, 0) is 14.3 Å². The van der Waals surface area contributed by atoms with Gasteiger partial charge in [-0.2, -0.15) is 0 Å². The number of aliphatic carboxylic acids is 1. The van der Waals surface area contributed by atoms with Crippen LogP contribution in [0.1, 0.15) is 0 Å². The lowest BCUT2D eigenvalue weighted by atomic mass is 9.92. The standard InChI is InChI=1S/C11H18Br2O10/c12-11(13,10(1-14,2-15)3-16)23-9-6(19)4(17)5(18)7(22-9)8(20)21/h4-7,9,14-19H,1-3H2,(H,20,21)/t4-,5-,6+,7-,9-/m0/s1. The molecule has 1 aliphatic heterocycles. The lowest BCUT2D eigenvalue weighted by Gasteiger charge is -2.45. The van der Waals surface area contributed by atoms with Crippen molar-refractivity contribution in [1.82, 2.24) is 0 Å². The third-order valence-corrected chi connectivity index (χ3v) is 5.66. The van der Waals surface area contributed by atoms with Gasteiger partial charge in [-0.15, -0.1) is 0 Å². The van der Waals surface area contributed by atoms with Crippen LogP contribution < -0.4 is 0 Å². The minimum absolute atomic E-state index is 0.757. The van der Waals surface area contributed by atoms with E-state index >= 15 is 0 Å². The molecule has 0 aromatic heterocycles. The van der Waals surface area contributed by atoms with E-state index in [1.54, 1.807) is 0 Å². The van der Waals surface area contributed by atoms with Crippen molar-refractivity contribution in [3.8, 4) is 0 Å². The first-order valence-corrected chi connectivity index (χ1v) is 7.96. The monoisotopic (exact) mass is 468 g/mol. The predicted octanol–water partition coefficient (Wildman–Crippen LogP) is -2.70. The zero-order valence-electron chi connectivity index (χ0n) is 11.6. The maximum atomic E-state index is 11.0. The SMILES string of the molecule is O=C(O)[C@H]1O[C@@H](OC(Br)(Br)C(CO)(CO)CO)[C@H](O)[C@@H](O)[C@@H]1O. The van der Waals surface area contributed by atoms with Gasteiger partial charge in [0.15, 0.2) is 15.8 Å². The molecular formula is C11H18Br2O10. The number of hydrogen-bond acceptors (Lipinski definition) is 9. The summed E-state index contributed by atoms with van der Waals surface area (Å²) in [6, 6.07) is 0. The van der Waals surface area contributed by atoms with E-state index in [0.29, 0.717) is 0 Å². The number of hydrogen-bond donors (Lipinski definition) is 7. The fourth-order valence-electron chi connectivity index (χ4n) is 1.85. The van der Waals surface area contributed by atoms with Crippen molar-refractivity contribution >= 4 is 37.8 Å².